The van der Waals surface area contributed by atoms with Crippen molar-refractivity contribution in [2.24, 2.45) is 5.92 Å². The summed E-state index contributed by atoms with van der Waals surface area (Å²) in [5.41, 5.74) is 6.45. The summed E-state index contributed by atoms with van der Waals surface area (Å²) in [6.45, 7) is 9.44. The first kappa shape index (κ1) is 13.0. The summed E-state index contributed by atoms with van der Waals surface area (Å²) in [6, 6.07) is 0.329. The van der Waals surface area contributed by atoms with Gasteiger partial charge in [0.2, 0.25) is 5.28 Å². The topological polar surface area (TPSA) is 55.0 Å². The third-order valence-corrected chi connectivity index (χ3v) is 2.41. The highest BCUT2D eigenvalue weighted by Gasteiger charge is 2.16. The fourth-order valence-corrected chi connectivity index (χ4v) is 1.66. The molecule has 0 atom stereocenters. The zero-order valence-electron chi connectivity index (χ0n) is 10.2. The molecule has 0 saturated carbocycles. The molecule has 0 aliphatic carbocycles. The average molecular weight is 243 g/mol. The molecule has 1 aromatic heterocycles. The van der Waals surface area contributed by atoms with Crippen LogP contribution in [0.1, 0.15) is 27.7 Å². The molecule has 0 radical (unpaired) electrons. The Morgan fingerprint density at radius 3 is 2.50 bits per heavy atom. The van der Waals surface area contributed by atoms with Gasteiger partial charge < -0.3 is 10.6 Å². The molecular formula is C11H19ClN4. The second-order valence-corrected chi connectivity index (χ2v) is 4.90. The third-order valence-electron chi connectivity index (χ3n) is 2.22. The summed E-state index contributed by atoms with van der Waals surface area (Å²) in [4.78, 5) is 10.2. The van der Waals surface area contributed by atoms with Gasteiger partial charge in [-0.15, -0.1) is 0 Å². The van der Waals surface area contributed by atoms with E-state index >= 15 is 0 Å². The minimum atomic E-state index is 0.235. The Labute approximate surface area is 102 Å². The molecule has 0 bridgehead atoms. The number of aromatic nitrogens is 2. The lowest BCUT2D eigenvalue weighted by Gasteiger charge is -2.30. The van der Waals surface area contributed by atoms with Crippen molar-refractivity contribution in [3.05, 3.63) is 11.5 Å². The minimum Gasteiger partial charge on any atom is -0.394 e. The molecule has 5 heteroatoms. The fraction of sp³-hybridized carbons (Fsp3) is 0.636. The maximum Gasteiger partial charge on any atom is 0.224 e. The van der Waals surface area contributed by atoms with Gasteiger partial charge in [-0.05, 0) is 31.4 Å². The van der Waals surface area contributed by atoms with Gasteiger partial charge in [0.15, 0.2) is 5.82 Å². The molecule has 0 aromatic carbocycles. The van der Waals surface area contributed by atoms with Crippen molar-refractivity contribution >= 4 is 23.1 Å². The van der Waals surface area contributed by atoms with Gasteiger partial charge in [-0.2, -0.15) is 4.98 Å². The van der Waals surface area contributed by atoms with Crippen molar-refractivity contribution < 1.29 is 0 Å². The molecule has 0 fully saturated rings. The Bertz CT molecular complexity index is 352. The Morgan fingerprint density at radius 1 is 1.38 bits per heavy atom. The van der Waals surface area contributed by atoms with Gasteiger partial charge in [0.1, 0.15) is 0 Å². The van der Waals surface area contributed by atoms with Crippen LogP contribution < -0.4 is 10.6 Å². The van der Waals surface area contributed by atoms with Crippen molar-refractivity contribution in [1.29, 1.82) is 0 Å². The first-order valence-corrected chi connectivity index (χ1v) is 5.84. The van der Waals surface area contributed by atoms with Crippen molar-refractivity contribution in [3.63, 3.8) is 0 Å². The highest BCUT2D eigenvalue weighted by molar-refractivity contribution is 6.28. The van der Waals surface area contributed by atoms with Gasteiger partial charge in [-0.1, -0.05) is 13.8 Å². The van der Waals surface area contributed by atoms with Crippen LogP contribution >= 0.6 is 11.6 Å². The quantitative estimate of drug-likeness (QED) is 0.825. The van der Waals surface area contributed by atoms with E-state index < -0.39 is 0 Å². The summed E-state index contributed by atoms with van der Waals surface area (Å²) in [6.07, 6.45) is 1.56. The van der Waals surface area contributed by atoms with E-state index in [-0.39, 0.29) is 5.28 Å². The van der Waals surface area contributed by atoms with Crippen LogP contribution in [0.4, 0.5) is 11.5 Å². The van der Waals surface area contributed by atoms with Crippen LogP contribution in [0, 0.1) is 5.92 Å². The second-order valence-electron chi connectivity index (χ2n) is 4.56. The highest BCUT2D eigenvalue weighted by Crippen LogP contribution is 2.23. The Hall–Kier alpha value is -1.03. The summed E-state index contributed by atoms with van der Waals surface area (Å²) < 4.78 is 0. The number of nitrogens with zero attached hydrogens (tertiary/aromatic N) is 3. The van der Waals surface area contributed by atoms with E-state index in [1.807, 2.05) is 0 Å². The largest absolute Gasteiger partial charge is 0.394 e. The van der Waals surface area contributed by atoms with Crippen molar-refractivity contribution in [2.75, 3.05) is 17.2 Å². The molecule has 4 nitrogen and oxygen atoms in total. The monoisotopic (exact) mass is 242 g/mol. The van der Waals surface area contributed by atoms with Gasteiger partial charge in [-0.3, -0.25) is 0 Å². The van der Waals surface area contributed by atoms with Crippen LogP contribution in [0.5, 0.6) is 0 Å². The Balaban J connectivity index is 3.05. The number of hydrogen-bond donors (Lipinski definition) is 1. The predicted molar refractivity (Wildman–Crippen MR) is 68.8 cm³/mol. The predicted octanol–water partition coefficient (Wildman–Crippen LogP) is 2.58. The normalized spacial score (nSPS) is 11.2. The van der Waals surface area contributed by atoms with Crippen molar-refractivity contribution in [1.82, 2.24) is 9.97 Å². The maximum atomic E-state index is 5.88. The number of anilines is 2. The zero-order chi connectivity index (χ0) is 12.3. The number of rotatable bonds is 4. The molecule has 1 rings (SSSR count). The van der Waals surface area contributed by atoms with Gasteiger partial charge in [0, 0.05) is 12.6 Å². The van der Waals surface area contributed by atoms with Crippen LogP contribution in [-0.4, -0.2) is 22.6 Å². The molecule has 1 heterocycles. The third kappa shape index (κ3) is 3.23. The van der Waals surface area contributed by atoms with E-state index in [0.717, 1.165) is 12.4 Å². The average Bonchev–Trinajstić information content (AvgIpc) is 2.18. The summed E-state index contributed by atoms with van der Waals surface area (Å²) in [5, 5.41) is 0.235. The van der Waals surface area contributed by atoms with Gasteiger partial charge in [-0.25, -0.2) is 4.98 Å². The highest BCUT2D eigenvalue weighted by atomic mass is 35.5. The van der Waals surface area contributed by atoms with E-state index in [1.54, 1.807) is 6.20 Å². The smallest absolute Gasteiger partial charge is 0.224 e. The molecule has 90 valence electrons. The lowest BCUT2D eigenvalue weighted by molar-refractivity contribution is 0.566. The molecule has 0 saturated heterocycles. The lowest BCUT2D eigenvalue weighted by Crippen LogP contribution is -2.35. The first-order valence-electron chi connectivity index (χ1n) is 5.46. The van der Waals surface area contributed by atoms with E-state index in [0.29, 0.717) is 17.6 Å². The zero-order valence-corrected chi connectivity index (χ0v) is 11.0. The molecule has 0 unspecified atom stereocenters. The molecule has 0 spiro atoms. The number of nitrogens with two attached hydrogens (primary N) is 1. The fourth-order valence-electron chi connectivity index (χ4n) is 1.53. The molecule has 16 heavy (non-hydrogen) atoms. The standard InChI is InChI=1S/C11H19ClN4/c1-7(2)6-16(8(3)4)10-9(13)5-14-11(12)15-10/h5,7-8H,6,13H2,1-4H3. The van der Waals surface area contributed by atoms with Gasteiger partial charge in [0.25, 0.3) is 0 Å². The maximum absolute atomic E-state index is 5.88. The first-order chi connectivity index (χ1) is 7.41. The Kier molecular flexibility index (Phi) is 4.35. The van der Waals surface area contributed by atoms with Crippen LogP contribution in [0.25, 0.3) is 0 Å². The van der Waals surface area contributed by atoms with Crippen molar-refractivity contribution in [3.8, 4) is 0 Å². The minimum absolute atomic E-state index is 0.235. The number of nitrogen functional groups attached to an aromatic ring is 1. The summed E-state index contributed by atoms with van der Waals surface area (Å²) in [7, 11) is 0. The van der Waals surface area contributed by atoms with Crippen LogP contribution in [0.3, 0.4) is 0 Å². The molecule has 1 aromatic rings. The molecule has 0 amide bonds. The van der Waals surface area contributed by atoms with Gasteiger partial charge >= 0.3 is 0 Å². The van der Waals surface area contributed by atoms with Gasteiger partial charge in [0.05, 0.1) is 11.9 Å². The van der Waals surface area contributed by atoms with Crippen LogP contribution in [-0.2, 0) is 0 Å². The van der Waals surface area contributed by atoms with E-state index in [1.165, 1.54) is 0 Å². The number of halogens is 1. The number of hydrogen-bond acceptors (Lipinski definition) is 4. The summed E-state index contributed by atoms with van der Waals surface area (Å²) >= 11 is 5.80. The lowest BCUT2D eigenvalue weighted by atomic mass is 10.1. The summed E-state index contributed by atoms with van der Waals surface area (Å²) in [5.74, 6) is 1.26. The van der Waals surface area contributed by atoms with E-state index in [2.05, 4.69) is 42.6 Å². The molecule has 0 aliphatic heterocycles. The Morgan fingerprint density at radius 2 is 2.00 bits per heavy atom. The van der Waals surface area contributed by atoms with Crippen molar-refractivity contribution in [2.45, 2.75) is 33.7 Å². The molecule has 2 N–H and O–H groups in total. The SMILES string of the molecule is CC(C)CN(c1nc(Cl)ncc1N)C(C)C. The van der Waals surface area contributed by atoms with Crippen LogP contribution in [0.15, 0.2) is 6.20 Å². The van der Waals surface area contributed by atoms with E-state index in [9.17, 15) is 0 Å². The van der Waals surface area contributed by atoms with E-state index in [4.69, 9.17) is 17.3 Å². The molecular weight excluding hydrogens is 224 g/mol. The molecule has 0 aliphatic rings. The van der Waals surface area contributed by atoms with Crippen LogP contribution in [0.2, 0.25) is 5.28 Å². The second kappa shape index (κ2) is 5.34.